The lowest BCUT2D eigenvalue weighted by Crippen LogP contribution is -2.14. The van der Waals surface area contributed by atoms with Gasteiger partial charge in [0.15, 0.2) is 11.5 Å². The van der Waals surface area contributed by atoms with E-state index < -0.39 is 0 Å². The molecule has 1 amide bonds. The fourth-order valence-corrected chi connectivity index (χ4v) is 2.59. The van der Waals surface area contributed by atoms with E-state index >= 15 is 0 Å². The first-order valence-corrected chi connectivity index (χ1v) is 8.73. The Morgan fingerprint density at radius 3 is 2.59 bits per heavy atom. The van der Waals surface area contributed by atoms with Gasteiger partial charge in [0.05, 0.1) is 7.11 Å². The van der Waals surface area contributed by atoms with E-state index in [9.17, 15) is 4.79 Å². The second kappa shape index (κ2) is 8.56. The highest BCUT2D eigenvalue weighted by Gasteiger charge is 2.13. The highest BCUT2D eigenvalue weighted by molar-refractivity contribution is 6.30. The Hall–Kier alpha value is -3.05. The second-order valence-electron chi connectivity index (χ2n) is 5.90. The minimum absolute atomic E-state index is 0.264. The van der Waals surface area contributed by atoms with Crippen LogP contribution < -0.4 is 14.8 Å². The Morgan fingerprint density at radius 1 is 1.11 bits per heavy atom. The molecule has 27 heavy (non-hydrogen) atoms. The van der Waals surface area contributed by atoms with Gasteiger partial charge < -0.3 is 14.8 Å². The Bertz CT molecular complexity index is 942. The number of pyridine rings is 1. The van der Waals surface area contributed by atoms with Crippen molar-refractivity contribution in [2.24, 2.45) is 0 Å². The molecule has 6 heteroatoms. The lowest BCUT2D eigenvalue weighted by molar-refractivity contribution is 0.102. The normalized spacial score (nSPS) is 10.3. The molecule has 0 aliphatic rings. The monoisotopic (exact) mass is 382 g/mol. The molecular formula is C21H19ClN2O3. The van der Waals surface area contributed by atoms with E-state index in [0.29, 0.717) is 34.5 Å². The maximum Gasteiger partial charge on any atom is 0.256 e. The van der Waals surface area contributed by atoms with E-state index in [1.54, 1.807) is 24.4 Å². The number of carbonyl (C=O) groups is 1. The molecule has 3 rings (SSSR count). The van der Waals surface area contributed by atoms with Crippen LogP contribution in [0.5, 0.6) is 11.5 Å². The zero-order chi connectivity index (χ0) is 19.2. The summed E-state index contributed by atoms with van der Waals surface area (Å²) >= 11 is 5.89. The summed E-state index contributed by atoms with van der Waals surface area (Å²) in [5.41, 5.74) is 2.32. The largest absolute Gasteiger partial charge is 0.493 e. The van der Waals surface area contributed by atoms with Crippen molar-refractivity contribution >= 4 is 23.3 Å². The topological polar surface area (TPSA) is 60.5 Å². The molecule has 0 saturated heterocycles. The van der Waals surface area contributed by atoms with Crippen molar-refractivity contribution in [3.8, 4) is 11.5 Å². The number of ether oxygens (including phenoxy) is 2. The molecule has 0 fully saturated rings. The molecule has 0 bridgehead atoms. The number of amides is 1. The predicted octanol–water partition coefficient (Wildman–Crippen LogP) is 4.88. The van der Waals surface area contributed by atoms with Gasteiger partial charge in [-0.05, 0) is 54.4 Å². The number of methoxy groups -OCH3 is 1. The molecule has 0 aliphatic heterocycles. The first-order valence-electron chi connectivity index (χ1n) is 8.35. The van der Waals surface area contributed by atoms with Crippen LogP contribution in [0.4, 0.5) is 5.82 Å². The van der Waals surface area contributed by atoms with E-state index in [2.05, 4.69) is 10.3 Å². The van der Waals surface area contributed by atoms with Crippen LogP contribution in [0.25, 0.3) is 0 Å². The minimum Gasteiger partial charge on any atom is -0.493 e. The highest BCUT2D eigenvalue weighted by atomic mass is 35.5. The van der Waals surface area contributed by atoms with Crippen molar-refractivity contribution in [1.29, 1.82) is 0 Å². The van der Waals surface area contributed by atoms with E-state index in [0.717, 1.165) is 11.1 Å². The number of nitrogens with one attached hydrogen (secondary N) is 1. The van der Waals surface area contributed by atoms with Gasteiger partial charge in [-0.3, -0.25) is 4.79 Å². The summed E-state index contributed by atoms with van der Waals surface area (Å²) in [4.78, 5) is 16.7. The third-order valence-corrected chi connectivity index (χ3v) is 4.23. The molecule has 5 nitrogen and oxygen atoms in total. The van der Waals surface area contributed by atoms with Crippen LogP contribution in [-0.4, -0.2) is 18.0 Å². The number of hydrogen-bond acceptors (Lipinski definition) is 4. The summed E-state index contributed by atoms with van der Waals surface area (Å²) in [6.07, 6.45) is 1.64. The summed E-state index contributed by atoms with van der Waals surface area (Å²) in [6, 6.07) is 16.2. The van der Waals surface area contributed by atoms with Gasteiger partial charge in [-0.15, -0.1) is 0 Å². The van der Waals surface area contributed by atoms with Gasteiger partial charge in [0.1, 0.15) is 12.4 Å². The van der Waals surface area contributed by atoms with E-state index in [4.69, 9.17) is 21.1 Å². The molecule has 2 aromatic carbocycles. The maximum atomic E-state index is 12.5. The Morgan fingerprint density at radius 2 is 1.89 bits per heavy atom. The molecule has 0 aliphatic carbocycles. The van der Waals surface area contributed by atoms with Gasteiger partial charge in [-0.25, -0.2) is 4.98 Å². The predicted molar refractivity (Wildman–Crippen MR) is 106 cm³/mol. The third-order valence-electron chi connectivity index (χ3n) is 3.97. The molecule has 0 radical (unpaired) electrons. The quantitative estimate of drug-likeness (QED) is 0.659. The Labute approximate surface area is 162 Å². The summed E-state index contributed by atoms with van der Waals surface area (Å²) in [5, 5.41) is 3.48. The van der Waals surface area contributed by atoms with Crippen LogP contribution in [0.2, 0.25) is 5.02 Å². The first-order chi connectivity index (χ1) is 13.1. The number of aryl methyl sites for hydroxylation is 1. The number of benzene rings is 2. The van der Waals surface area contributed by atoms with Crippen LogP contribution in [0.1, 0.15) is 21.5 Å². The number of anilines is 1. The van der Waals surface area contributed by atoms with Crippen molar-refractivity contribution in [3.05, 3.63) is 82.5 Å². The smallest absolute Gasteiger partial charge is 0.256 e. The van der Waals surface area contributed by atoms with Gasteiger partial charge in [-0.1, -0.05) is 29.8 Å². The average molecular weight is 383 g/mol. The zero-order valence-electron chi connectivity index (χ0n) is 15.0. The molecule has 0 unspecified atom stereocenters. The molecule has 1 aromatic heterocycles. The van der Waals surface area contributed by atoms with Gasteiger partial charge >= 0.3 is 0 Å². The average Bonchev–Trinajstić information content (AvgIpc) is 2.69. The van der Waals surface area contributed by atoms with Gasteiger partial charge in [0.2, 0.25) is 0 Å². The number of carbonyl (C=O) groups excluding carboxylic acids is 1. The van der Waals surface area contributed by atoms with Crippen LogP contribution in [0.3, 0.4) is 0 Å². The minimum atomic E-state index is -0.264. The van der Waals surface area contributed by atoms with Gasteiger partial charge in [0.25, 0.3) is 5.91 Å². The number of rotatable bonds is 6. The lowest BCUT2D eigenvalue weighted by atomic mass is 10.1. The first kappa shape index (κ1) is 18.7. The molecule has 0 spiro atoms. The third kappa shape index (κ3) is 4.77. The fraction of sp³-hybridized carbons (Fsp3) is 0.143. The van der Waals surface area contributed by atoms with Crippen LogP contribution in [-0.2, 0) is 6.61 Å². The Kier molecular flexibility index (Phi) is 5.94. The van der Waals surface area contributed by atoms with E-state index in [-0.39, 0.29) is 5.91 Å². The SMILES string of the molecule is COc1cc(C(=O)Nc2ncccc2C)ccc1OCc1ccc(Cl)cc1. The van der Waals surface area contributed by atoms with Crippen molar-refractivity contribution in [2.45, 2.75) is 13.5 Å². The molecule has 138 valence electrons. The van der Waals surface area contributed by atoms with E-state index in [1.165, 1.54) is 7.11 Å². The zero-order valence-corrected chi connectivity index (χ0v) is 15.8. The van der Waals surface area contributed by atoms with E-state index in [1.807, 2.05) is 43.3 Å². The molecule has 1 N–H and O–H groups in total. The number of aromatic nitrogens is 1. The second-order valence-corrected chi connectivity index (χ2v) is 6.34. The van der Waals surface area contributed by atoms with Gasteiger partial charge in [0, 0.05) is 16.8 Å². The molecule has 0 atom stereocenters. The summed E-state index contributed by atoms with van der Waals surface area (Å²) in [5.74, 6) is 1.30. The summed E-state index contributed by atoms with van der Waals surface area (Å²) in [6.45, 7) is 2.25. The summed E-state index contributed by atoms with van der Waals surface area (Å²) in [7, 11) is 1.54. The molecule has 1 heterocycles. The fourth-order valence-electron chi connectivity index (χ4n) is 2.47. The molecule has 0 saturated carbocycles. The van der Waals surface area contributed by atoms with Crippen LogP contribution in [0, 0.1) is 6.92 Å². The van der Waals surface area contributed by atoms with Crippen molar-refractivity contribution in [1.82, 2.24) is 4.98 Å². The van der Waals surface area contributed by atoms with Crippen LogP contribution in [0.15, 0.2) is 60.8 Å². The number of halogens is 1. The molecule has 3 aromatic rings. The summed E-state index contributed by atoms with van der Waals surface area (Å²) < 4.78 is 11.2. The molecular weight excluding hydrogens is 364 g/mol. The maximum absolute atomic E-state index is 12.5. The van der Waals surface area contributed by atoms with Crippen LogP contribution >= 0.6 is 11.6 Å². The van der Waals surface area contributed by atoms with Crippen molar-refractivity contribution < 1.29 is 14.3 Å². The standard InChI is InChI=1S/C21H19ClN2O3/c1-14-4-3-11-23-20(14)24-21(25)16-7-10-18(19(12-16)26-2)27-13-15-5-8-17(22)9-6-15/h3-12H,13H2,1-2H3,(H,23,24,25). The van der Waals surface area contributed by atoms with Crippen molar-refractivity contribution in [2.75, 3.05) is 12.4 Å². The van der Waals surface area contributed by atoms with Crippen molar-refractivity contribution in [3.63, 3.8) is 0 Å². The number of hydrogen-bond donors (Lipinski definition) is 1. The Balaban J connectivity index is 1.72. The van der Waals surface area contributed by atoms with Gasteiger partial charge in [-0.2, -0.15) is 0 Å². The lowest BCUT2D eigenvalue weighted by Gasteiger charge is -2.13. The highest BCUT2D eigenvalue weighted by Crippen LogP contribution is 2.29. The number of nitrogens with zero attached hydrogens (tertiary/aromatic N) is 1.